The maximum atomic E-state index is 12.2. The van der Waals surface area contributed by atoms with Gasteiger partial charge in [0, 0.05) is 31.7 Å². The van der Waals surface area contributed by atoms with Crippen LogP contribution in [0.15, 0.2) is 23.1 Å². The molecule has 0 spiro atoms. The minimum Gasteiger partial charge on any atom is -0.490 e. The summed E-state index contributed by atoms with van der Waals surface area (Å²) in [6, 6.07) is 3.52. The SMILES string of the molecule is COc1ccc(S(=O)(=O)N2CC(CO)C2)cc1[N+](=O)[O-]. The third-order valence-electron chi connectivity index (χ3n) is 3.17. The molecule has 1 aliphatic heterocycles. The number of hydrogen-bond donors (Lipinski definition) is 1. The van der Waals surface area contributed by atoms with Gasteiger partial charge in [-0.05, 0) is 12.1 Å². The molecule has 1 N–H and O–H groups in total. The zero-order valence-electron chi connectivity index (χ0n) is 10.7. The molecule has 0 bridgehead atoms. The Hall–Kier alpha value is -1.71. The smallest absolute Gasteiger partial charge is 0.312 e. The molecule has 1 aromatic carbocycles. The average Bonchev–Trinajstić information content (AvgIpc) is 2.36. The molecule has 0 unspecified atom stereocenters. The van der Waals surface area contributed by atoms with E-state index in [4.69, 9.17) is 9.84 Å². The van der Waals surface area contributed by atoms with Crippen LogP contribution in [0.2, 0.25) is 0 Å². The normalized spacial score (nSPS) is 16.7. The van der Waals surface area contributed by atoms with E-state index in [-0.39, 0.29) is 36.3 Å². The molecule has 1 fully saturated rings. The maximum Gasteiger partial charge on any atom is 0.312 e. The van der Waals surface area contributed by atoms with E-state index in [9.17, 15) is 18.5 Å². The number of nitro benzene ring substituents is 1. The predicted molar refractivity (Wildman–Crippen MR) is 69.0 cm³/mol. The molecule has 110 valence electrons. The van der Waals surface area contributed by atoms with Gasteiger partial charge >= 0.3 is 5.69 Å². The predicted octanol–water partition coefficient (Wildman–Crippen LogP) is 0.216. The largest absolute Gasteiger partial charge is 0.490 e. The molecular weight excluding hydrogens is 288 g/mol. The molecule has 20 heavy (non-hydrogen) atoms. The number of hydrogen-bond acceptors (Lipinski definition) is 6. The van der Waals surface area contributed by atoms with E-state index < -0.39 is 20.6 Å². The molecule has 1 saturated heterocycles. The van der Waals surface area contributed by atoms with E-state index in [1.807, 2.05) is 0 Å². The van der Waals surface area contributed by atoms with Crippen LogP contribution < -0.4 is 4.74 Å². The summed E-state index contributed by atoms with van der Waals surface area (Å²) in [4.78, 5) is 10.1. The molecule has 1 aromatic rings. The lowest BCUT2D eigenvalue weighted by atomic mass is 10.1. The van der Waals surface area contributed by atoms with Crippen molar-refractivity contribution >= 4 is 15.7 Å². The van der Waals surface area contributed by atoms with Crippen LogP contribution in [0.3, 0.4) is 0 Å². The first-order valence-corrected chi connectivity index (χ1v) is 7.27. The number of aliphatic hydroxyl groups excluding tert-OH is 1. The number of nitrogens with zero attached hydrogens (tertiary/aromatic N) is 2. The molecule has 2 rings (SSSR count). The second kappa shape index (κ2) is 5.35. The number of rotatable bonds is 5. The lowest BCUT2D eigenvalue weighted by molar-refractivity contribution is -0.386. The number of aliphatic hydroxyl groups is 1. The molecule has 0 amide bonds. The van der Waals surface area contributed by atoms with Crippen LogP contribution >= 0.6 is 0 Å². The first-order chi connectivity index (χ1) is 9.40. The van der Waals surface area contributed by atoms with Gasteiger partial charge in [-0.3, -0.25) is 10.1 Å². The topological polar surface area (TPSA) is 110 Å². The summed E-state index contributed by atoms with van der Waals surface area (Å²) in [6.45, 7) is 0.367. The Morgan fingerprint density at radius 3 is 2.65 bits per heavy atom. The van der Waals surface area contributed by atoms with Crippen molar-refractivity contribution in [1.82, 2.24) is 4.31 Å². The van der Waals surface area contributed by atoms with Crippen molar-refractivity contribution in [3.63, 3.8) is 0 Å². The summed E-state index contributed by atoms with van der Waals surface area (Å²) in [5, 5.41) is 19.8. The first-order valence-electron chi connectivity index (χ1n) is 5.83. The number of ether oxygens (including phenoxy) is 1. The molecule has 0 aromatic heterocycles. The molecule has 1 aliphatic rings. The van der Waals surface area contributed by atoms with Gasteiger partial charge in [-0.25, -0.2) is 8.42 Å². The quantitative estimate of drug-likeness (QED) is 0.615. The highest BCUT2D eigenvalue weighted by molar-refractivity contribution is 7.89. The maximum absolute atomic E-state index is 12.2. The van der Waals surface area contributed by atoms with Gasteiger partial charge < -0.3 is 9.84 Å². The lowest BCUT2D eigenvalue weighted by Crippen LogP contribution is -2.51. The van der Waals surface area contributed by atoms with Gasteiger partial charge in [0.25, 0.3) is 0 Å². The summed E-state index contributed by atoms with van der Waals surface area (Å²) in [5.74, 6) is -0.0659. The molecule has 0 radical (unpaired) electrons. The molecule has 9 heteroatoms. The Balaban J connectivity index is 2.33. The van der Waals surface area contributed by atoms with E-state index >= 15 is 0 Å². The summed E-state index contributed by atoms with van der Waals surface area (Å²) < 4.78 is 30.5. The Bertz CT molecular complexity index is 624. The standard InChI is InChI=1S/C11H14N2O6S/c1-19-11-3-2-9(4-10(11)13(15)16)20(17,18)12-5-8(6-12)7-14/h2-4,8,14H,5-7H2,1H3. The molecule has 8 nitrogen and oxygen atoms in total. The van der Waals surface area contributed by atoms with Crippen LogP contribution in [0.4, 0.5) is 5.69 Å². The van der Waals surface area contributed by atoms with E-state index in [0.717, 1.165) is 6.07 Å². The highest BCUT2D eigenvalue weighted by Gasteiger charge is 2.37. The zero-order chi connectivity index (χ0) is 14.9. The molecule has 0 saturated carbocycles. The Kier molecular flexibility index (Phi) is 3.93. The van der Waals surface area contributed by atoms with Crippen molar-refractivity contribution < 1.29 is 23.2 Å². The Labute approximate surface area is 115 Å². The van der Waals surface area contributed by atoms with Crippen molar-refractivity contribution in [3.05, 3.63) is 28.3 Å². The van der Waals surface area contributed by atoms with E-state index in [0.29, 0.717) is 0 Å². The molecular formula is C11H14N2O6S. The second-order valence-corrected chi connectivity index (χ2v) is 6.40. The van der Waals surface area contributed by atoms with Gasteiger partial charge in [0.15, 0.2) is 5.75 Å². The van der Waals surface area contributed by atoms with Crippen molar-refractivity contribution in [2.24, 2.45) is 5.92 Å². The van der Waals surface area contributed by atoms with Crippen LogP contribution in [0.1, 0.15) is 0 Å². The van der Waals surface area contributed by atoms with Crippen molar-refractivity contribution in [3.8, 4) is 5.75 Å². The highest BCUT2D eigenvalue weighted by Crippen LogP contribution is 2.32. The molecule has 0 atom stereocenters. The third kappa shape index (κ3) is 2.47. The van der Waals surface area contributed by atoms with Crippen LogP contribution in [-0.2, 0) is 10.0 Å². The molecule has 1 heterocycles. The number of benzene rings is 1. The third-order valence-corrected chi connectivity index (χ3v) is 4.99. The van der Waals surface area contributed by atoms with Crippen LogP contribution in [0.5, 0.6) is 5.75 Å². The van der Waals surface area contributed by atoms with Gasteiger partial charge in [0.1, 0.15) is 0 Å². The van der Waals surface area contributed by atoms with Gasteiger partial charge in [0.2, 0.25) is 10.0 Å². The van der Waals surface area contributed by atoms with Crippen LogP contribution in [0.25, 0.3) is 0 Å². The van der Waals surface area contributed by atoms with Crippen molar-refractivity contribution in [2.75, 3.05) is 26.8 Å². The Morgan fingerprint density at radius 1 is 1.50 bits per heavy atom. The lowest BCUT2D eigenvalue weighted by Gasteiger charge is -2.36. The number of nitro groups is 1. The van der Waals surface area contributed by atoms with Gasteiger partial charge in [-0.15, -0.1) is 0 Å². The summed E-state index contributed by atoms with van der Waals surface area (Å²) in [5.41, 5.74) is -0.396. The zero-order valence-corrected chi connectivity index (χ0v) is 11.5. The average molecular weight is 302 g/mol. The number of sulfonamides is 1. The van der Waals surface area contributed by atoms with Crippen LogP contribution in [0, 0.1) is 16.0 Å². The van der Waals surface area contributed by atoms with Gasteiger partial charge in [-0.1, -0.05) is 0 Å². The number of methoxy groups -OCH3 is 1. The fourth-order valence-electron chi connectivity index (χ4n) is 1.96. The summed E-state index contributed by atoms with van der Waals surface area (Å²) in [6.07, 6.45) is 0. The first kappa shape index (κ1) is 14.7. The molecule has 0 aliphatic carbocycles. The van der Waals surface area contributed by atoms with E-state index in [2.05, 4.69) is 0 Å². The van der Waals surface area contributed by atoms with E-state index in [1.165, 1.54) is 23.5 Å². The van der Waals surface area contributed by atoms with Crippen molar-refractivity contribution in [2.45, 2.75) is 4.90 Å². The fourth-order valence-corrected chi connectivity index (χ4v) is 3.57. The monoisotopic (exact) mass is 302 g/mol. The van der Waals surface area contributed by atoms with Crippen LogP contribution in [-0.4, -0.2) is 49.6 Å². The van der Waals surface area contributed by atoms with Gasteiger partial charge in [-0.2, -0.15) is 4.31 Å². The fraction of sp³-hybridized carbons (Fsp3) is 0.455. The van der Waals surface area contributed by atoms with E-state index in [1.54, 1.807) is 0 Å². The minimum absolute atomic E-state index is 0.00536. The summed E-state index contributed by atoms with van der Waals surface area (Å²) >= 11 is 0. The Morgan fingerprint density at radius 2 is 2.15 bits per heavy atom. The summed E-state index contributed by atoms with van der Waals surface area (Å²) in [7, 11) is -2.49. The second-order valence-electron chi connectivity index (χ2n) is 4.46. The van der Waals surface area contributed by atoms with Gasteiger partial charge in [0.05, 0.1) is 16.9 Å². The van der Waals surface area contributed by atoms with Crippen molar-refractivity contribution in [1.29, 1.82) is 0 Å². The minimum atomic E-state index is -3.76. The highest BCUT2D eigenvalue weighted by atomic mass is 32.2.